The molecule has 1 aromatic heterocycles. The molecule has 0 amide bonds. The number of carbonyl (C=O) groups excluding carboxylic acids is 1. The average molecular weight is 304 g/mol. The van der Waals surface area contributed by atoms with Crippen molar-refractivity contribution >= 4 is 5.78 Å². The first kappa shape index (κ1) is 17.0. The molecule has 22 heavy (non-hydrogen) atoms. The second-order valence-electron chi connectivity index (χ2n) is 6.46. The van der Waals surface area contributed by atoms with Crippen molar-refractivity contribution in [2.75, 3.05) is 13.1 Å². The van der Waals surface area contributed by atoms with Crippen molar-refractivity contribution < 1.29 is 9.90 Å². The summed E-state index contributed by atoms with van der Waals surface area (Å²) in [6.45, 7) is 11.8. The van der Waals surface area contributed by atoms with Crippen molar-refractivity contribution in [1.29, 1.82) is 0 Å². The lowest BCUT2D eigenvalue weighted by molar-refractivity contribution is 0.0878. The van der Waals surface area contributed by atoms with Crippen LogP contribution in [0.2, 0.25) is 0 Å². The van der Waals surface area contributed by atoms with Crippen LogP contribution in [0.5, 0.6) is 0 Å². The highest BCUT2D eigenvalue weighted by Crippen LogP contribution is 2.23. The van der Waals surface area contributed by atoms with Crippen LogP contribution in [-0.2, 0) is 6.54 Å². The van der Waals surface area contributed by atoms with Gasteiger partial charge in [0.2, 0.25) is 0 Å². The number of hydrogen-bond donors (Lipinski definition) is 1. The molecule has 4 nitrogen and oxygen atoms in total. The molecule has 4 heteroatoms. The van der Waals surface area contributed by atoms with E-state index >= 15 is 0 Å². The maximum Gasteiger partial charge on any atom is 0.178 e. The Morgan fingerprint density at radius 3 is 2.91 bits per heavy atom. The third-order valence-corrected chi connectivity index (χ3v) is 4.64. The second-order valence-corrected chi connectivity index (χ2v) is 6.46. The van der Waals surface area contributed by atoms with Crippen LogP contribution >= 0.6 is 0 Å². The van der Waals surface area contributed by atoms with E-state index in [1.165, 1.54) is 0 Å². The Morgan fingerprint density at radius 1 is 1.55 bits per heavy atom. The molecule has 2 heterocycles. The molecule has 2 rings (SSSR count). The van der Waals surface area contributed by atoms with Gasteiger partial charge in [-0.3, -0.25) is 9.69 Å². The average Bonchev–Trinajstić information content (AvgIpc) is 2.98. The number of hydrogen-bond acceptors (Lipinski definition) is 3. The largest absolute Gasteiger partial charge is 0.393 e. The maximum absolute atomic E-state index is 12.7. The summed E-state index contributed by atoms with van der Waals surface area (Å²) in [5.41, 5.74) is 2.94. The number of likely N-dealkylation sites (tertiary alicyclic amines) is 1. The molecule has 122 valence electrons. The van der Waals surface area contributed by atoms with E-state index in [-0.39, 0.29) is 11.9 Å². The first-order chi connectivity index (χ1) is 10.4. The van der Waals surface area contributed by atoms with Crippen LogP contribution in [0.1, 0.15) is 47.9 Å². The lowest BCUT2D eigenvalue weighted by atomic mass is 10.1. The van der Waals surface area contributed by atoms with E-state index < -0.39 is 0 Å². The van der Waals surface area contributed by atoms with Gasteiger partial charge in [-0.2, -0.15) is 0 Å². The molecule has 0 bridgehead atoms. The van der Waals surface area contributed by atoms with Crippen LogP contribution in [0, 0.1) is 13.8 Å². The van der Waals surface area contributed by atoms with E-state index in [0.717, 1.165) is 49.3 Å². The normalized spacial score (nSPS) is 20.3. The van der Waals surface area contributed by atoms with Gasteiger partial charge in [0, 0.05) is 29.5 Å². The summed E-state index contributed by atoms with van der Waals surface area (Å²) in [5.74, 6) is 0.181. The minimum absolute atomic E-state index is 0.181. The molecular weight excluding hydrogens is 276 g/mol. The van der Waals surface area contributed by atoms with Gasteiger partial charge in [0.05, 0.1) is 12.6 Å². The molecule has 1 fully saturated rings. The van der Waals surface area contributed by atoms with Crippen molar-refractivity contribution in [1.82, 2.24) is 9.47 Å². The van der Waals surface area contributed by atoms with Crippen molar-refractivity contribution in [3.05, 3.63) is 35.7 Å². The van der Waals surface area contributed by atoms with Crippen LogP contribution in [-0.4, -0.2) is 45.6 Å². The van der Waals surface area contributed by atoms with Gasteiger partial charge in [-0.25, -0.2) is 0 Å². The fraction of sp³-hybridized carbons (Fsp3) is 0.611. The first-order valence-electron chi connectivity index (χ1n) is 8.17. The highest BCUT2D eigenvalue weighted by atomic mass is 16.3. The van der Waals surface area contributed by atoms with Gasteiger partial charge in [-0.15, -0.1) is 6.58 Å². The molecular formula is C18H28N2O2. The second kappa shape index (κ2) is 7.25. The van der Waals surface area contributed by atoms with Gasteiger partial charge in [0.15, 0.2) is 5.78 Å². The van der Waals surface area contributed by atoms with E-state index in [9.17, 15) is 9.90 Å². The number of aliphatic hydroxyl groups is 1. The lowest BCUT2D eigenvalue weighted by Gasteiger charge is -2.24. The van der Waals surface area contributed by atoms with E-state index in [0.29, 0.717) is 12.6 Å². The summed E-state index contributed by atoms with van der Waals surface area (Å²) in [6.07, 6.45) is 4.49. The Labute approximate surface area is 133 Å². The van der Waals surface area contributed by atoms with Crippen LogP contribution in [0.4, 0.5) is 0 Å². The zero-order valence-corrected chi connectivity index (χ0v) is 14.0. The minimum atomic E-state index is -0.307. The van der Waals surface area contributed by atoms with Crippen LogP contribution in [0.25, 0.3) is 0 Å². The summed E-state index contributed by atoms with van der Waals surface area (Å²) in [6, 6.07) is 2.32. The predicted molar refractivity (Wildman–Crippen MR) is 89.3 cm³/mol. The number of carbonyl (C=O) groups is 1. The maximum atomic E-state index is 12.7. The zero-order valence-electron chi connectivity index (χ0n) is 14.0. The standard InChI is InChI=1S/C18H28N2O2/c1-5-8-20-13(2)10-17(15(20)4)18(22)12-19-9-6-7-16(19)11-14(3)21/h5,10,14,16,21H,1,6-9,11-12H2,2-4H3. The van der Waals surface area contributed by atoms with Crippen molar-refractivity contribution in [3.63, 3.8) is 0 Å². The fourth-order valence-electron chi connectivity index (χ4n) is 3.53. The summed E-state index contributed by atoms with van der Waals surface area (Å²) in [5, 5.41) is 9.60. The van der Waals surface area contributed by atoms with Gasteiger partial charge in [-0.1, -0.05) is 6.08 Å². The van der Waals surface area contributed by atoms with Crippen LogP contribution in [0.3, 0.4) is 0 Å². The molecule has 2 atom stereocenters. The Kier molecular flexibility index (Phi) is 5.59. The van der Waals surface area contributed by atoms with E-state index in [2.05, 4.69) is 16.0 Å². The summed E-state index contributed by atoms with van der Waals surface area (Å²) < 4.78 is 2.12. The molecule has 1 aromatic rings. The predicted octanol–water partition coefficient (Wildman–Crippen LogP) is 2.71. The molecule has 1 N–H and O–H groups in total. The molecule has 1 aliphatic heterocycles. The number of aromatic nitrogens is 1. The number of aliphatic hydroxyl groups excluding tert-OH is 1. The molecule has 0 saturated carbocycles. The number of ketones is 1. The van der Waals surface area contributed by atoms with E-state index in [1.807, 2.05) is 32.9 Å². The third kappa shape index (κ3) is 3.68. The Hall–Kier alpha value is -1.39. The van der Waals surface area contributed by atoms with Gasteiger partial charge in [0.1, 0.15) is 0 Å². The Morgan fingerprint density at radius 2 is 2.27 bits per heavy atom. The number of rotatable bonds is 7. The van der Waals surface area contributed by atoms with Crippen molar-refractivity contribution in [2.24, 2.45) is 0 Å². The van der Waals surface area contributed by atoms with Gasteiger partial charge in [0.25, 0.3) is 0 Å². The number of Topliss-reactive ketones (excluding diaryl/α,β-unsaturated/α-hetero) is 1. The summed E-state index contributed by atoms with van der Waals surface area (Å²) >= 11 is 0. The molecule has 0 radical (unpaired) electrons. The number of allylic oxidation sites excluding steroid dienone is 1. The highest BCUT2D eigenvalue weighted by Gasteiger charge is 2.28. The van der Waals surface area contributed by atoms with Gasteiger partial charge < -0.3 is 9.67 Å². The van der Waals surface area contributed by atoms with Gasteiger partial charge in [-0.05, 0) is 52.6 Å². The molecule has 1 saturated heterocycles. The third-order valence-electron chi connectivity index (χ3n) is 4.64. The molecule has 2 unspecified atom stereocenters. The summed E-state index contributed by atoms with van der Waals surface area (Å²) in [4.78, 5) is 14.9. The molecule has 1 aliphatic rings. The monoisotopic (exact) mass is 304 g/mol. The first-order valence-corrected chi connectivity index (χ1v) is 8.17. The Balaban J connectivity index is 2.09. The lowest BCUT2D eigenvalue weighted by Crippen LogP contribution is -2.36. The summed E-state index contributed by atoms with van der Waals surface area (Å²) in [7, 11) is 0. The molecule has 0 aromatic carbocycles. The van der Waals surface area contributed by atoms with E-state index in [1.54, 1.807) is 0 Å². The van der Waals surface area contributed by atoms with Crippen molar-refractivity contribution in [2.45, 2.75) is 58.7 Å². The molecule has 0 spiro atoms. The zero-order chi connectivity index (χ0) is 16.3. The number of nitrogens with zero attached hydrogens (tertiary/aromatic N) is 2. The highest BCUT2D eigenvalue weighted by molar-refractivity contribution is 5.99. The number of aryl methyl sites for hydroxylation is 1. The van der Waals surface area contributed by atoms with Crippen LogP contribution < -0.4 is 0 Å². The van der Waals surface area contributed by atoms with Gasteiger partial charge >= 0.3 is 0 Å². The Bertz CT molecular complexity index is 546. The van der Waals surface area contributed by atoms with E-state index in [4.69, 9.17) is 0 Å². The minimum Gasteiger partial charge on any atom is -0.393 e. The topological polar surface area (TPSA) is 45.5 Å². The quantitative estimate of drug-likeness (QED) is 0.622. The SMILES string of the molecule is C=CCn1c(C)cc(C(=O)CN2CCCC2CC(C)O)c1C. The van der Waals surface area contributed by atoms with Crippen LogP contribution in [0.15, 0.2) is 18.7 Å². The smallest absolute Gasteiger partial charge is 0.178 e. The fourth-order valence-corrected chi connectivity index (χ4v) is 3.53. The van der Waals surface area contributed by atoms with Crippen molar-refractivity contribution in [3.8, 4) is 0 Å². The molecule has 0 aliphatic carbocycles.